The molecular formula is C12H20N2O. The summed E-state index contributed by atoms with van der Waals surface area (Å²) in [6, 6.07) is 0. The topological polar surface area (TPSA) is 55.1 Å². The summed E-state index contributed by atoms with van der Waals surface area (Å²) in [5, 5.41) is 0. The third kappa shape index (κ3) is 1.44. The smallest absolute Gasteiger partial charge is 0.154 e. The highest BCUT2D eigenvalue weighted by molar-refractivity contribution is 5.87. The highest BCUT2D eigenvalue weighted by atomic mass is 16.1. The molecule has 0 saturated heterocycles. The van der Waals surface area contributed by atoms with E-state index in [9.17, 15) is 4.79 Å². The first-order valence-corrected chi connectivity index (χ1v) is 6.18. The van der Waals surface area contributed by atoms with Gasteiger partial charge in [-0.05, 0) is 56.3 Å². The summed E-state index contributed by atoms with van der Waals surface area (Å²) in [6.07, 6.45) is 7.63. The minimum absolute atomic E-state index is 0.0289. The zero-order valence-corrected chi connectivity index (χ0v) is 9.17. The Morgan fingerprint density at radius 3 is 2.00 bits per heavy atom. The van der Waals surface area contributed by atoms with Crippen LogP contribution in [0.1, 0.15) is 38.5 Å². The number of nitrogens with two attached hydrogens (primary N) is 1. The second-order valence-corrected chi connectivity index (χ2v) is 6.00. The highest BCUT2D eigenvalue weighted by Crippen LogP contribution is 2.60. The second kappa shape index (κ2) is 3.29. The normalized spacial score (nSPS) is 47.1. The zero-order chi connectivity index (χ0) is 10.5. The fourth-order valence-corrected chi connectivity index (χ4v) is 4.73. The molecule has 4 saturated carbocycles. The van der Waals surface area contributed by atoms with Gasteiger partial charge in [-0.15, -0.1) is 0 Å². The Hall–Kier alpha value is -0.410. The maximum Gasteiger partial charge on any atom is 0.154 e. The molecule has 0 unspecified atom stereocenters. The van der Waals surface area contributed by atoms with Gasteiger partial charge in [0.1, 0.15) is 0 Å². The van der Waals surface area contributed by atoms with Crippen LogP contribution < -0.4 is 11.3 Å². The maximum absolute atomic E-state index is 12.2. The van der Waals surface area contributed by atoms with Crippen LogP contribution >= 0.6 is 0 Å². The molecule has 4 rings (SSSR count). The molecular weight excluding hydrogens is 188 g/mol. The van der Waals surface area contributed by atoms with Gasteiger partial charge in [0.15, 0.2) is 5.78 Å². The molecule has 3 heteroatoms. The molecule has 0 spiro atoms. The van der Waals surface area contributed by atoms with Gasteiger partial charge in [0.25, 0.3) is 0 Å². The SMILES string of the molecule is NNCC(=O)C12CC3CC(CC(C3)C1)C2. The van der Waals surface area contributed by atoms with Crippen molar-refractivity contribution < 1.29 is 4.79 Å². The summed E-state index contributed by atoms with van der Waals surface area (Å²) >= 11 is 0. The van der Waals surface area contributed by atoms with Crippen LogP contribution in [-0.2, 0) is 4.79 Å². The van der Waals surface area contributed by atoms with Gasteiger partial charge in [0, 0.05) is 5.41 Å². The third-order valence-electron chi connectivity index (χ3n) is 4.89. The van der Waals surface area contributed by atoms with Crippen molar-refractivity contribution in [3.8, 4) is 0 Å². The molecule has 3 nitrogen and oxygen atoms in total. The van der Waals surface area contributed by atoms with Crippen molar-refractivity contribution >= 4 is 5.78 Å². The van der Waals surface area contributed by atoms with Crippen LogP contribution in [-0.4, -0.2) is 12.3 Å². The first-order valence-electron chi connectivity index (χ1n) is 6.18. The summed E-state index contributed by atoms with van der Waals surface area (Å²) in [4.78, 5) is 12.2. The maximum atomic E-state index is 12.2. The van der Waals surface area contributed by atoms with Gasteiger partial charge in [-0.1, -0.05) is 0 Å². The highest BCUT2D eigenvalue weighted by Gasteiger charge is 2.53. The van der Waals surface area contributed by atoms with Crippen LogP contribution in [0.3, 0.4) is 0 Å². The van der Waals surface area contributed by atoms with Crippen LogP contribution in [0.4, 0.5) is 0 Å². The Bertz CT molecular complexity index is 252. The molecule has 4 bridgehead atoms. The molecule has 84 valence electrons. The predicted molar refractivity (Wildman–Crippen MR) is 57.8 cm³/mol. The number of carbonyl (C=O) groups excluding carboxylic acids is 1. The first-order chi connectivity index (χ1) is 7.22. The lowest BCUT2D eigenvalue weighted by molar-refractivity contribution is -0.142. The van der Waals surface area contributed by atoms with Crippen molar-refractivity contribution in [2.75, 3.05) is 6.54 Å². The van der Waals surface area contributed by atoms with Crippen molar-refractivity contribution in [3.63, 3.8) is 0 Å². The minimum Gasteiger partial charge on any atom is -0.298 e. The van der Waals surface area contributed by atoms with E-state index >= 15 is 0 Å². The summed E-state index contributed by atoms with van der Waals surface area (Å²) in [6.45, 7) is 0.367. The predicted octanol–water partition coefficient (Wildman–Crippen LogP) is 1.24. The zero-order valence-electron chi connectivity index (χ0n) is 9.17. The minimum atomic E-state index is 0.0289. The molecule has 0 aliphatic heterocycles. The van der Waals surface area contributed by atoms with Gasteiger partial charge in [0.05, 0.1) is 6.54 Å². The van der Waals surface area contributed by atoms with Crippen molar-refractivity contribution in [2.24, 2.45) is 29.0 Å². The third-order valence-corrected chi connectivity index (χ3v) is 4.89. The van der Waals surface area contributed by atoms with E-state index in [0.717, 1.165) is 37.0 Å². The number of Topliss-reactive ketones (excluding diaryl/α,β-unsaturated/α-hetero) is 1. The molecule has 0 atom stereocenters. The lowest BCUT2D eigenvalue weighted by Gasteiger charge is -2.56. The molecule has 4 aliphatic carbocycles. The van der Waals surface area contributed by atoms with Crippen LogP contribution in [0.25, 0.3) is 0 Å². The van der Waals surface area contributed by atoms with E-state index in [1.54, 1.807) is 0 Å². The van der Waals surface area contributed by atoms with Gasteiger partial charge >= 0.3 is 0 Å². The standard InChI is InChI=1S/C12H20N2O/c13-14-7-11(15)12-4-8-1-9(5-12)3-10(2-8)6-12/h8-10,14H,1-7,13H2. The summed E-state index contributed by atoms with van der Waals surface area (Å²) in [5.74, 6) is 8.19. The van der Waals surface area contributed by atoms with Gasteiger partial charge < -0.3 is 0 Å². The number of hydrogen-bond donors (Lipinski definition) is 2. The Morgan fingerprint density at radius 2 is 1.60 bits per heavy atom. The fourth-order valence-electron chi connectivity index (χ4n) is 4.73. The molecule has 0 amide bonds. The van der Waals surface area contributed by atoms with Crippen LogP contribution in [0, 0.1) is 23.2 Å². The van der Waals surface area contributed by atoms with Crippen molar-refractivity contribution in [3.05, 3.63) is 0 Å². The Kier molecular flexibility index (Phi) is 2.15. The summed E-state index contributed by atoms with van der Waals surface area (Å²) in [7, 11) is 0. The average Bonchev–Trinajstić information content (AvgIpc) is 2.15. The van der Waals surface area contributed by atoms with Crippen molar-refractivity contribution in [1.29, 1.82) is 0 Å². The first kappa shape index (κ1) is 9.79. The van der Waals surface area contributed by atoms with E-state index in [1.165, 1.54) is 19.3 Å². The quantitative estimate of drug-likeness (QED) is 0.542. The Balaban J connectivity index is 1.83. The molecule has 0 heterocycles. The van der Waals surface area contributed by atoms with Gasteiger partial charge in [0.2, 0.25) is 0 Å². The van der Waals surface area contributed by atoms with E-state index in [2.05, 4.69) is 5.43 Å². The van der Waals surface area contributed by atoms with Crippen LogP contribution in [0.15, 0.2) is 0 Å². The lowest BCUT2D eigenvalue weighted by atomic mass is 9.48. The average molecular weight is 208 g/mol. The molecule has 4 fully saturated rings. The van der Waals surface area contributed by atoms with E-state index in [4.69, 9.17) is 5.84 Å². The summed E-state index contributed by atoms with van der Waals surface area (Å²) < 4.78 is 0. The number of hydrazine groups is 1. The van der Waals surface area contributed by atoms with Gasteiger partial charge in [-0.3, -0.25) is 16.1 Å². The molecule has 15 heavy (non-hydrogen) atoms. The molecule has 0 aromatic rings. The van der Waals surface area contributed by atoms with Gasteiger partial charge in [-0.2, -0.15) is 0 Å². The molecule has 0 aromatic carbocycles. The Morgan fingerprint density at radius 1 is 1.13 bits per heavy atom. The number of ketones is 1. The number of carbonyl (C=O) groups is 1. The number of hydrogen-bond acceptors (Lipinski definition) is 3. The molecule has 0 aromatic heterocycles. The number of rotatable bonds is 3. The van der Waals surface area contributed by atoms with Crippen LogP contribution in [0.5, 0.6) is 0 Å². The summed E-state index contributed by atoms with van der Waals surface area (Å²) in [5.41, 5.74) is 2.57. The van der Waals surface area contributed by atoms with E-state index in [0.29, 0.717) is 12.3 Å². The lowest BCUT2D eigenvalue weighted by Crippen LogP contribution is -2.52. The van der Waals surface area contributed by atoms with Crippen molar-refractivity contribution in [1.82, 2.24) is 5.43 Å². The molecule has 0 radical (unpaired) electrons. The largest absolute Gasteiger partial charge is 0.298 e. The monoisotopic (exact) mass is 208 g/mol. The van der Waals surface area contributed by atoms with E-state index in [-0.39, 0.29) is 5.41 Å². The van der Waals surface area contributed by atoms with Crippen molar-refractivity contribution in [2.45, 2.75) is 38.5 Å². The molecule has 4 aliphatic rings. The van der Waals surface area contributed by atoms with E-state index < -0.39 is 0 Å². The fraction of sp³-hybridized carbons (Fsp3) is 0.917. The molecule has 3 N–H and O–H groups in total. The van der Waals surface area contributed by atoms with Gasteiger partial charge in [-0.25, -0.2) is 0 Å². The second-order valence-electron chi connectivity index (χ2n) is 6.00. The number of nitrogens with one attached hydrogen (secondary N) is 1. The Labute approximate surface area is 90.8 Å². The van der Waals surface area contributed by atoms with E-state index in [1.807, 2.05) is 0 Å². The van der Waals surface area contributed by atoms with Crippen LogP contribution in [0.2, 0.25) is 0 Å².